The summed E-state index contributed by atoms with van der Waals surface area (Å²) in [6.07, 6.45) is 10.9. The molecular formula is C20H33N3O2. The van der Waals surface area contributed by atoms with Crippen molar-refractivity contribution in [3.05, 3.63) is 11.6 Å². The molecule has 2 aliphatic heterocycles. The van der Waals surface area contributed by atoms with Gasteiger partial charge in [0.1, 0.15) is 0 Å². The maximum absolute atomic E-state index is 12.6. The van der Waals surface area contributed by atoms with Crippen molar-refractivity contribution in [1.29, 1.82) is 0 Å². The zero-order valence-corrected chi connectivity index (χ0v) is 15.6. The Kier molecular flexibility index (Phi) is 6.51. The number of nitrogens with one attached hydrogen (secondary N) is 1. The van der Waals surface area contributed by atoms with Crippen molar-refractivity contribution in [3.8, 4) is 0 Å². The van der Waals surface area contributed by atoms with Crippen LogP contribution in [-0.4, -0.2) is 60.4 Å². The minimum absolute atomic E-state index is 0.130. The van der Waals surface area contributed by atoms with Crippen molar-refractivity contribution in [2.75, 3.05) is 32.7 Å². The predicted molar refractivity (Wildman–Crippen MR) is 99.1 cm³/mol. The van der Waals surface area contributed by atoms with Crippen molar-refractivity contribution in [2.24, 2.45) is 5.92 Å². The van der Waals surface area contributed by atoms with Crippen LogP contribution in [0.15, 0.2) is 11.6 Å². The summed E-state index contributed by atoms with van der Waals surface area (Å²) in [7, 11) is 0. The van der Waals surface area contributed by atoms with Crippen LogP contribution >= 0.6 is 0 Å². The Balaban J connectivity index is 1.37. The molecule has 5 heteroatoms. The number of carbonyl (C=O) groups excluding carboxylic acids is 2. The second-order valence-electron chi connectivity index (χ2n) is 8.04. The molecule has 1 N–H and O–H groups in total. The maximum Gasteiger partial charge on any atom is 0.234 e. The molecule has 0 aromatic rings. The molecular weight excluding hydrogens is 314 g/mol. The number of piperidine rings is 1. The van der Waals surface area contributed by atoms with E-state index in [0.29, 0.717) is 12.5 Å². The summed E-state index contributed by atoms with van der Waals surface area (Å²) in [5.41, 5.74) is 1.42. The zero-order valence-electron chi connectivity index (χ0n) is 15.6. The summed E-state index contributed by atoms with van der Waals surface area (Å²) >= 11 is 0. The van der Waals surface area contributed by atoms with E-state index in [4.69, 9.17) is 0 Å². The van der Waals surface area contributed by atoms with Crippen LogP contribution in [0.25, 0.3) is 0 Å². The number of hydrogen-bond donors (Lipinski definition) is 1. The van der Waals surface area contributed by atoms with Gasteiger partial charge in [-0.1, -0.05) is 30.9 Å². The summed E-state index contributed by atoms with van der Waals surface area (Å²) in [4.78, 5) is 29.1. The van der Waals surface area contributed by atoms with Gasteiger partial charge in [0.05, 0.1) is 6.54 Å². The third-order valence-electron chi connectivity index (χ3n) is 6.01. The molecule has 25 heavy (non-hydrogen) atoms. The molecule has 2 fully saturated rings. The Labute approximate surface area is 151 Å². The highest BCUT2D eigenvalue weighted by Crippen LogP contribution is 2.26. The third kappa shape index (κ3) is 5.30. The van der Waals surface area contributed by atoms with Crippen LogP contribution in [-0.2, 0) is 9.59 Å². The molecule has 1 saturated heterocycles. The van der Waals surface area contributed by atoms with Gasteiger partial charge in [0, 0.05) is 38.1 Å². The number of amides is 2. The van der Waals surface area contributed by atoms with Crippen LogP contribution in [0.2, 0.25) is 0 Å². The Morgan fingerprint density at radius 1 is 1.08 bits per heavy atom. The molecule has 0 radical (unpaired) electrons. The molecule has 140 valence electrons. The van der Waals surface area contributed by atoms with Crippen LogP contribution in [0, 0.1) is 5.92 Å². The van der Waals surface area contributed by atoms with Crippen LogP contribution in [0.1, 0.15) is 58.3 Å². The van der Waals surface area contributed by atoms with E-state index in [1.54, 1.807) is 0 Å². The lowest BCUT2D eigenvalue weighted by atomic mass is 9.87. The molecule has 1 saturated carbocycles. The highest BCUT2D eigenvalue weighted by atomic mass is 16.2. The predicted octanol–water partition coefficient (Wildman–Crippen LogP) is 2.33. The van der Waals surface area contributed by atoms with E-state index in [1.165, 1.54) is 24.8 Å². The molecule has 3 rings (SSSR count). The van der Waals surface area contributed by atoms with Gasteiger partial charge in [-0.05, 0) is 39.0 Å². The average Bonchev–Trinajstić information content (AvgIpc) is 2.64. The van der Waals surface area contributed by atoms with Gasteiger partial charge in [-0.25, -0.2) is 0 Å². The lowest BCUT2D eigenvalue weighted by molar-refractivity contribution is -0.137. The molecule has 2 amide bonds. The number of hydrogen-bond acceptors (Lipinski definition) is 3. The number of nitrogens with zero attached hydrogens (tertiary/aromatic N) is 2. The van der Waals surface area contributed by atoms with Gasteiger partial charge in [-0.15, -0.1) is 0 Å². The van der Waals surface area contributed by atoms with Crippen molar-refractivity contribution >= 4 is 11.8 Å². The summed E-state index contributed by atoms with van der Waals surface area (Å²) in [5, 5.41) is 3.18. The average molecular weight is 348 g/mol. The zero-order chi connectivity index (χ0) is 17.6. The lowest BCUT2D eigenvalue weighted by Gasteiger charge is -2.35. The monoisotopic (exact) mass is 347 g/mol. The standard InChI is InChI=1S/C20H33N3O2/c1-16-7-11-22(12-8-16)15-19(24)21-18-9-13-23(14-10-18)20(25)17-5-3-2-4-6-17/h7,17-18H,2-6,8-15H2,1H3,(H,21,24). The van der Waals surface area contributed by atoms with E-state index in [1.807, 2.05) is 4.90 Å². The highest BCUT2D eigenvalue weighted by molar-refractivity contribution is 5.79. The molecule has 1 aliphatic carbocycles. The minimum Gasteiger partial charge on any atom is -0.352 e. The van der Waals surface area contributed by atoms with E-state index >= 15 is 0 Å². The summed E-state index contributed by atoms with van der Waals surface area (Å²) in [6.45, 7) is 6.10. The topological polar surface area (TPSA) is 52.7 Å². The van der Waals surface area contributed by atoms with Gasteiger partial charge in [0.25, 0.3) is 0 Å². The van der Waals surface area contributed by atoms with Gasteiger partial charge < -0.3 is 10.2 Å². The van der Waals surface area contributed by atoms with Crippen LogP contribution < -0.4 is 5.32 Å². The van der Waals surface area contributed by atoms with Gasteiger partial charge in [0.15, 0.2) is 0 Å². The normalized spacial score (nSPS) is 24.0. The van der Waals surface area contributed by atoms with Crippen molar-refractivity contribution in [2.45, 2.75) is 64.3 Å². The third-order valence-corrected chi connectivity index (χ3v) is 6.01. The molecule has 0 aromatic heterocycles. The first kappa shape index (κ1) is 18.4. The number of rotatable bonds is 4. The van der Waals surface area contributed by atoms with E-state index in [9.17, 15) is 9.59 Å². The van der Waals surface area contributed by atoms with Crippen LogP contribution in [0.5, 0.6) is 0 Å². The first-order chi connectivity index (χ1) is 12.1. The first-order valence-electron chi connectivity index (χ1n) is 10.1. The molecule has 0 bridgehead atoms. The molecule has 0 spiro atoms. The van der Waals surface area contributed by atoms with Crippen LogP contribution in [0.3, 0.4) is 0 Å². The fourth-order valence-corrected chi connectivity index (χ4v) is 4.28. The SMILES string of the molecule is CC1=CCN(CC(=O)NC2CCN(C(=O)C3CCCCC3)CC2)CC1. The summed E-state index contributed by atoms with van der Waals surface area (Å²) in [6, 6.07) is 0.227. The fraction of sp³-hybridized carbons (Fsp3) is 0.800. The molecule has 3 aliphatic rings. The Hall–Kier alpha value is -1.36. The lowest BCUT2D eigenvalue weighted by Crippen LogP contribution is -2.50. The molecule has 2 heterocycles. The molecule has 0 atom stereocenters. The Morgan fingerprint density at radius 3 is 2.44 bits per heavy atom. The molecule has 5 nitrogen and oxygen atoms in total. The summed E-state index contributed by atoms with van der Waals surface area (Å²) < 4.78 is 0. The second-order valence-corrected chi connectivity index (χ2v) is 8.04. The summed E-state index contributed by atoms with van der Waals surface area (Å²) in [5.74, 6) is 0.750. The van der Waals surface area contributed by atoms with Gasteiger partial charge in [-0.3, -0.25) is 14.5 Å². The van der Waals surface area contributed by atoms with E-state index in [2.05, 4.69) is 23.2 Å². The minimum atomic E-state index is 0.130. The Bertz CT molecular complexity index is 503. The first-order valence-corrected chi connectivity index (χ1v) is 10.1. The van der Waals surface area contributed by atoms with Gasteiger partial charge in [-0.2, -0.15) is 0 Å². The van der Waals surface area contributed by atoms with Gasteiger partial charge in [0.2, 0.25) is 11.8 Å². The molecule has 0 unspecified atom stereocenters. The van der Waals surface area contributed by atoms with E-state index in [-0.39, 0.29) is 17.9 Å². The van der Waals surface area contributed by atoms with Crippen LogP contribution in [0.4, 0.5) is 0 Å². The maximum atomic E-state index is 12.6. The Morgan fingerprint density at radius 2 is 1.80 bits per heavy atom. The van der Waals surface area contributed by atoms with Crippen molar-refractivity contribution < 1.29 is 9.59 Å². The van der Waals surface area contributed by atoms with E-state index in [0.717, 1.165) is 58.3 Å². The largest absolute Gasteiger partial charge is 0.352 e. The highest BCUT2D eigenvalue weighted by Gasteiger charge is 2.29. The number of likely N-dealkylation sites (tertiary alicyclic amines) is 1. The van der Waals surface area contributed by atoms with E-state index < -0.39 is 0 Å². The molecule has 0 aromatic carbocycles. The van der Waals surface area contributed by atoms with Gasteiger partial charge >= 0.3 is 0 Å². The fourth-order valence-electron chi connectivity index (χ4n) is 4.28. The second kappa shape index (κ2) is 8.84. The quantitative estimate of drug-likeness (QED) is 0.794. The van der Waals surface area contributed by atoms with Crippen molar-refractivity contribution in [3.63, 3.8) is 0 Å². The van der Waals surface area contributed by atoms with Crippen molar-refractivity contribution in [1.82, 2.24) is 15.1 Å². The smallest absolute Gasteiger partial charge is 0.234 e. The number of carbonyl (C=O) groups is 2.